The van der Waals surface area contributed by atoms with Crippen molar-refractivity contribution in [3.05, 3.63) is 41.9 Å². The van der Waals surface area contributed by atoms with Gasteiger partial charge in [0.25, 0.3) is 5.78 Å². The standard InChI is InChI=1S/C12H8N6OS2/c1-3-8(20-6-1)10-14-9(19-17-10)7-21-12-15-11-13-4-2-5-18(11)16-12/h1-6H,7H2. The first-order valence-corrected chi connectivity index (χ1v) is 7.92. The summed E-state index contributed by atoms with van der Waals surface area (Å²) in [5.74, 6) is 2.26. The third-order valence-electron chi connectivity index (χ3n) is 2.63. The maximum absolute atomic E-state index is 5.23. The lowest BCUT2D eigenvalue weighted by Gasteiger charge is -1.88. The van der Waals surface area contributed by atoms with Crippen LogP contribution >= 0.6 is 23.1 Å². The zero-order valence-corrected chi connectivity index (χ0v) is 12.2. The van der Waals surface area contributed by atoms with E-state index in [4.69, 9.17) is 4.52 Å². The average Bonchev–Trinajstić information content (AvgIpc) is 3.23. The Morgan fingerprint density at radius 2 is 2.29 bits per heavy atom. The van der Waals surface area contributed by atoms with Gasteiger partial charge in [0.15, 0.2) is 0 Å². The number of hydrogen-bond donors (Lipinski definition) is 0. The van der Waals surface area contributed by atoms with Gasteiger partial charge in [0.2, 0.25) is 16.9 Å². The summed E-state index contributed by atoms with van der Waals surface area (Å²) in [6, 6.07) is 5.72. The van der Waals surface area contributed by atoms with Crippen LogP contribution in [0.25, 0.3) is 16.5 Å². The zero-order chi connectivity index (χ0) is 14.1. The van der Waals surface area contributed by atoms with E-state index in [-0.39, 0.29) is 0 Å². The molecule has 0 unspecified atom stereocenters. The minimum Gasteiger partial charge on any atom is -0.338 e. The summed E-state index contributed by atoms with van der Waals surface area (Å²) in [5, 5.41) is 10.9. The van der Waals surface area contributed by atoms with E-state index < -0.39 is 0 Å². The van der Waals surface area contributed by atoms with Crippen molar-refractivity contribution < 1.29 is 4.52 Å². The fraction of sp³-hybridized carbons (Fsp3) is 0.0833. The number of hydrogen-bond acceptors (Lipinski definition) is 8. The Bertz CT molecular complexity index is 836. The smallest absolute Gasteiger partial charge is 0.253 e. The van der Waals surface area contributed by atoms with Crippen molar-refractivity contribution in [2.75, 3.05) is 0 Å². The number of nitrogens with zero attached hydrogens (tertiary/aromatic N) is 6. The van der Waals surface area contributed by atoms with Crippen molar-refractivity contribution >= 4 is 28.9 Å². The molecule has 4 aromatic rings. The van der Waals surface area contributed by atoms with Gasteiger partial charge in [-0.15, -0.1) is 16.4 Å². The predicted molar refractivity (Wildman–Crippen MR) is 78.0 cm³/mol. The van der Waals surface area contributed by atoms with Gasteiger partial charge in [-0.3, -0.25) is 0 Å². The molecule has 0 saturated heterocycles. The maximum Gasteiger partial charge on any atom is 0.253 e. The second-order valence-electron chi connectivity index (χ2n) is 4.04. The molecule has 4 heterocycles. The summed E-state index contributed by atoms with van der Waals surface area (Å²) >= 11 is 3.01. The first-order chi connectivity index (χ1) is 10.4. The Morgan fingerprint density at radius 1 is 1.29 bits per heavy atom. The Kier molecular flexibility index (Phi) is 3.13. The molecule has 0 aliphatic rings. The highest BCUT2D eigenvalue weighted by Gasteiger charge is 2.11. The Balaban J connectivity index is 1.49. The molecule has 0 aliphatic heterocycles. The van der Waals surface area contributed by atoms with Crippen molar-refractivity contribution in [3.8, 4) is 10.7 Å². The highest BCUT2D eigenvalue weighted by atomic mass is 32.2. The van der Waals surface area contributed by atoms with Crippen LogP contribution < -0.4 is 0 Å². The molecule has 21 heavy (non-hydrogen) atoms. The fourth-order valence-electron chi connectivity index (χ4n) is 1.72. The zero-order valence-electron chi connectivity index (χ0n) is 10.6. The molecule has 0 atom stereocenters. The Morgan fingerprint density at radius 3 is 3.14 bits per heavy atom. The van der Waals surface area contributed by atoms with E-state index in [9.17, 15) is 0 Å². The molecule has 4 rings (SSSR count). The highest BCUT2D eigenvalue weighted by Crippen LogP contribution is 2.24. The van der Waals surface area contributed by atoms with Gasteiger partial charge in [-0.1, -0.05) is 23.0 Å². The largest absolute Gasteiger partial charge is 0.338 e. The average molecular weight is 316 g/mol. The number of thiophene rings is 1. The molecule has 0 fully saturated rings. The number of rotatable bonds is 4. The molecule has 104 valence electrons. The Labute approximate surface area is 127 Å². The lowest BCUT2D eigenvalue weighted by Crippen LogP contribution is -1.87. The van der Waals surface area contributed by atoms with Crippen molar-refractivity contribution in [1.82, 2.24) is 29.7 Å². The van der Waals surface area contributed by atoms with Gasteiger partial charge < -0.3 is 4.52 Å². The molecule has 7 nitrogen and oxygen atoms in total. The summed E-state index contributed by atoms with van der Waals surface area (Å²) in [6.45, 7) is 0. The topological polar surface area (TPSA) is 82.0 Å². The van der Waals surface area contributed by atoms with Gasteiger partial charge in [-0.25, -0.2) is 9.50 Å². The van der Waals surface area contributed by atoms with E-state index in [0.29, 0.717) is 28.4 Å². The molecule has 0 amide bonds. The molecule has 0 N–H and O–H groups in total. The predicted octanol–water partition coefficient (Wildman–Crippen LogP) is 2.53. The number of aromatic nitrogens is 6. The molecule has 4 aromatic heterocycles. The van der Waals surface area contributed by atoms with Gasteiger partial charge in [-0.2, -0.15) is 9.97 Å². The summed E-state index contributed by atoms with van der Waals surface area (Å²) in [7, 11) is 0. The number of thioether (sulfide) groups is 1. The molecule has 0 spiro atoms. The quantitative estimate of drug-likeness (QED) is 0.535. The second-order valence-corrected chi connectivity index (χ2v) is 5.93. The maximum atomic E-state index is 5.23. The molecule has 0 saturated carbocycles. The summed E-state index contributed by atoms with van der Waals surface area (Å²) in [4.78, 5) is 13.8. The third-order valence-corrected chi connectivity index (χ3v) is 4.32. The van der Waals surface area contributed by atoms with Crippen molar-refractivity contribution in [1.29, 1.82) is 0 Å². The lowest BCUT2D eigenvalue weighted by atomic mass is 10.4. The van der Waals surface area contributed by atoms with Crippen LogP contribution in [0.2, 0.25) is 0 Å². The minimum absolute atomic E-state index is 0.523. The van der Waals surface area contributed by atoms with E-state index in [1.54, 1.807) is 34.3 Å². The van der Waals surface area contributed by atoms with Crippen molar-refractivity contribution in [2.45, 2.75) is 10.9 Å². The second kappa shape index (κ2) is 5.26. The third kappa shape index (κ3) is 2.52. The normalized spacial score (nSPS) is 11.2. The number of fused-ring (bicyclic) bond motifs is 1. The Hall–Kier alpha value is -2.26. The van der Waals surface area contributed by atoms with E-state index in [1.807, 2.05) is 17.5 Å². The van der Waals surface area contributed by atoms with Crippen LogP contribution in [-0.4, -0.2) is 29.7 Å². The fourth-order valence-corrected chi connectivity index (χ4v) is 3.03. The van der Waals surface area contributed by atoms with Crippen molar-refractivity contribution in [2.24, 2.45) is 0 Å². The molecule has 0 bridgehead atoms. The molecule has 0 radical (unpaired) electrons. The van der Waals surface area contributed by atoms with Gasteiger partial charge >= 0.3 is 0 Å². The van der Waals surface area contributed by atoms with Crippen LogP contribution in [0.4, 0.5) is 0 Å². The molecular formula is C12H8N6OS2. The minimum atomic E-state index is 0.523. The van der Waals surface area contributed by atoms with Crippen LogP contribution in [0.15, 0.2) is 45.7 Å². The van der Waals surface area contributed by atoms with Crippen LogP contribution in [0.1, 0.15) is 5.89 Å². The summed E-state index contributed by atoms with van der Waals surface area (Å²) in [5.41, 5.74) is 0. The van der Waals surface area contributed by atoms with Crippen molar-refractivity contribution in [3.63, 3.8) is 0 Å². The van der Waals surface area contributed by atoms with Gasteiger partial charge in [0.05, 0.1) is 10.6 Å². The molecule has 0 aromatic carbocycles. The van der Waals surface area contributed by atoms with E-state index in [2.05, 4.69) is 25.2 Å². The van der Waals surface area contributed by atoms with E-state index in [0.717, 1.165) is 4.88 Å². The molecule has 9 heteroatoms. The summed E-state index contributed by atoms with van der Waals surface area (Å²) < 4.78 is 6.86. The van der Waals surface area contributed by atoms with E-state index >= 15 is 0 Å². The first kappa shape index (κ1) is 12.5. The lowest BCUT2D eigenvalue weighted by molar-refractivity contribution is 0.391. The summed E-state index contributed by atoms with van der Waals surface area (Å²) in [6.07, 6.45) is 3.49. The van der Waals surface area contributed by atoms with Crippen LogP contribution in [0.3, 0.4) is 0 Å². The van der Waals surface area contributed by atoms with Gasteiger partial charge in [0.1, 0.15) is 0 Å². The first-order valence-electron chi connectivity index (χ1n) is 6.05. The molecular weight excluding hydrogens is 308 g/mol. The SMILES string of the molecule is c1csc(-c2noc(CSc3nc4ncccn4n3)n2)c1. The van der Waals surface area contributed by atoms with Crippen LogP contribution in [0, 0.1) is 0 Å². The van der Waals surface area contributed by atoms with E-state index in [1.165, 1.54) is 11.8 Å². The molecule has 0 aliphatic carbocycles. The van der Waals surface area contributed by atoms with Gasteiger partial charge in [-0.05, 0) is 17.5 Å². The highest BCUT2D eigenvalue weighted by molar-refractivity contribution is 7.98. The monoisotopic (exact) mass is 316 g/mol. The van der Waals surface area contributed by atoms with Crippen LogP contribution in [0.5, 0.6) is 0 Å². The van der Waals surface area contributed by atoms with Gasteiger partial charge in [0, 0.05) is 12.4 Å². The van der Waals surface area contributed by atoms with Crippen LogP contribution in [-0.2, 0) is 5.75 Å².